The second-order valence-corrected chi connectivity index (χ2v) is 2.91. The third-order valence-electron chi connectivity index (χ3n) is 1.92. The van der Waals surface area contributed by atoms with Crippen molar-refractivity contribution < 1.29 is 4.79 Å². The van der Waals surface area contributed by atoms with Crippen molar-refractivity contribution in [2.24, 2.45) is 0 Å². The van der Waals surface area contributed by atoms with E-state index in [1.165, 1.54) is 6.92 Å². The third-order valence-corrected chi connectivity index (χ3v) is 1.92. The molecule has 14 heavy (non-hydrogen) atoms. The van der Waals surface area contributed by atoms with Crippen molar-refractivity contribution in [2.75, 3.05) is 0 Å². The maximum absolute atomic E-state index is 11.1. The van der Waals surface area contributed by atoms with Crippen LogP contribution in [0.25, 0.3) is 0 Å². The Morgan fingerprint density at radius 3 is 2.79 bits per heavy atom. The number of nitriles is 1. The van der Waals surface area contributed by atoms with E-state index in [4.69, 9.17) is 11.7 Å². The van der Waals surface area contributed by atoms with Gasteiger partial charge in [-0.25, -0.2) is 0 Å². The summed E-state index contributed by atoms with van der Waals surface area (Å²) in [6.45, 7) is 1.48. The van der Waals surface area contributed by atoms with E-state index in [1.54, 1.807) is 24.3 Å². The molecule has 0 aliphatic carbocycles. The van der Waals surface area contributed by atoms with Crippen molar-refractivity contribution in [3.05, 3.63) is 35.4 Å². The Kier molecular flexibility index (Phi) is 3.05. The Morgan fingerprint density at radius 2 is 2.29 bits per heavy atom. The fourth-order valence-electron chi connectivity index (χ4n) is 1.15. The van der Waals surface area contributed by atoms with Crippen LogP contribution in [0.15, 0.2) is 24.3 Å². The number of benzene rings is 1. The first-order chi connectivity index (χ1) is 6.69. The lowest BCUT2D eigenvalue weighted by atomic mass is 9.98. The first-order valence-corrected chi connectivity index (χ1v) is 4.15. The van der Waals surface area contributed by atoms with Gasteiger partial charge in [0.25, 0.3) is 0 Å². The van der Waals surface area contributed by atoms with Gasteiger partial charge in [-0.1, -0.05) is 24.1 Å². The molecule has 2 heteroatoms. The van der Waals surface area contributed by atoms with Gasteiger partial charge in [0.05, 0.1) is 6.07 Å². The lowest BCUT2D eigenvalue weighted by Gasteiger charge is -2.03. The highest BCUT2D eigenvalue weighted by Crippen LogP contribution is 2.15. The van der Waals surface area contributed by atoms with Gasteiger partial charge in [-0.15, -0.1) is 6.42 Å². The van der Waals surface area contributed by atoms with E-state index >= 15 is 0 Å². The summed E-state index contributed by atoms with van der Waals surface area (Å²) in [5.74, 6) is 1.76. The molecule has 0 aliphatic rings. The van der Waals surface area contributed by atoms with Crippen LogP contribution < -0.4 is 0 Å². The maximum Gasteiger partial charge on any atom is 0.159 e. The van der Waals surface area contributed by atoms with Gasteiger partial charge >= 0.3 is 0 Å². The molecule has 0 saturated carbocycles. The van der Waals surface area contributed by atoms with Crippen LogP contribution in [0.4, 0.5) is 0 Å². The number of ketones is 1. The molecule has 0 fully saturated rings. The normalized spacial score (nSPS) is 11.1. The van der Waals surface area contributed by atoms with Crippen molar-refractivity contribution in [3.63, 3.8) is 0 Å². The molecule has 0 heterocycles. The Balaban J connectivity index is 3.14. The summed E-state index contributed by atoms with van der Waals surface area (Å²) in [5, 5.41) is 8.73. The molecule has 0 bridgehead atoms. The van der Waals surface area contributed by atoms with Crippen LogP contribution in [-0.4, -0.2) is 5.78 Å². The van der Waals surface area contributed by atoms with Gasteiger partial charge in [-0.2, -0.15) is 5.26 Å². The first kappa shape index (κ1) is 10.0. The van der Waals surface area contributed by atoms with Crippen molar-refractivity contribution in [1.29, 1.82) is 5.26 Å². The molecular weight excluding hydrogens is 174 g/mol. The standard InChI is InChI=1S/C12H9NO/c1-3-10(8-13)12-6-4-5-11(7-12)9(2)14/h1,4-7,10H,2H3. The van der Waals surface area contributed by atoms with E-state index in [9.17, 15) is 4.79 Å². The molecule has 0 radical (unpaired) electrons. The Morgan fingerprint density at radius 1 is 1.57 bits per heavy atom. The number of nitrogens with zero attached hydrogens (tertiary/aromatic N) is 1. The zero-order valence-corrected chi connectivity index (χ0v) is 7.82. The fourth-order valence-corrected chi connectivity index (χ4v) is 1.15. The van der Waals surface area contributed by atoms with Crippen LogP contribution in [0.1, 0.15) is 28.8 Å². The van der Waals surface area contributed by atoms with Gasteiger partial charge in [0, 0.05) is 5.56 Å². The van der Waals surface area contributed by atoms with E-state index in [-0.39, 0.29) is 5.78 Å². The zero-order valence-electron chi connectivity index (χ0n) is 7.82. The highest BCUT2D eigenvalue weighted by molar-refractivity contribution is 5.94. The van der Waals surface area contributed by atoms with Gasteiger partial charge in [-0.3, -0.25) is 4.79 Å². The number of rotatable bonds is 2. The van der Waals surface area contributed by atoms with Crippen LogP contribution in [0.3, 0.4) is 0 Å². The van der Waals surface area contributed by atoms with Gasteiger partial charge in [-0.05, 0) is 18.6 Å². The van der Waals surface area contributed by atoms with E-state index in [1.807, 2.05) is 6.07 Å². The van der Waals surface area contributed by atoms with E-state index < -0.39 is 5.92 Å². The van der Waals surface area contributed by atoms with Crippen molar-refractivity contribution in [3.8, 4) is 18.4 Å². The molecule has 1 unspecified atom stereocenters. The smallest absolute Gasteiger partial charge is 0.159 e. The lowest BCUT2D eigenvalue weighted by molar-refractivity contribution is 0.101. The molecule has 68 valence electrons. The summed E-state index contributed by atoms with van der Waals surface area (Å²) < 4.78 is 0. The molecule has 0 saturated heterocycles. The maximum atomic E-state index is 11.1. The third kappa shape index (κ3) is 2.00. The summed E-state index contributed by atoms with van der Waals surface area (Å²) in [4.78, 5) is 11.1. The number of carbonyl (C=O) groups excluding carboxylic acids is 1. The highest BCUT2D eigenvalue weighted by Gasteiger charge is 2.08. The van der Waals surface area contributed by atoms with Crippen molar-refractivity contribution >= 4 is 5.78 Å². The van der Waals surface area contributed by atoms with E-state index in [0.29, 0.717) is 11.1 Å². The Labute approximate surface area is 83.2 Å². The van der Waals surface area contributed by atoms with Gasteiger partial charge in [0.15, 0.2) is 5.78 Å². The van der Waals surface area contributed by atoms with Gasteiger partial charge in [0.2, 0.25) is 0 Å². The predicted molar refractivity (Wildman–Crippen MR) is 53.6 cm³/mol. The van der Waals surface area contributed by atoms with Crippen LogP contribution in [0.2, 0.25) is 0 Å². The second kappa shape index (κ2) is 4.25. The molecule has 1 rings (SSSR count). The minimum Gasteiger partial charge on any atom is -0.295 e. The number of hydrogen-bond acceptors (Lipinski definition) is 2. The van der Waals surface area contributed by atoms with E-state index in [0.717, 1.165) is 0 Å². The van der Waals surface area contributed by atoms with E-state index in [2.05, 4.69) is 5.92 Å². The minimum atomic E-state index is -0.575. The quantitative estimate of drug-likeness (QED) is 0.520. The van der Waals surface area contributed by atoms with Gasteiger partial charge in [0.1, 0.15) is 5.92 Å². The van der Waals surface area contributed by atoms with Crippen LogP contribution in [-0.2, 0) is 0 Å². The molecule has 0 aromatic heterocycles. The Bertz CT molecular complexity index is 420. The minimum absolute atomic E-state index is 0.0273. The average molecular weight is 183 g/mol. The molecule has 2 nitrogen and oxygen atoms in total. The molecule has 0 aliphatic heterocycles. The fraction of sp³-hybridized carbons (Fsp3) is 0.167. The van der Waals surface area contributed by atoms with Gasteiger partial charge < -0.3 is 0 Å². The summed E-state index contributed by atoms with van der Waals surface area (Å²) in [6.07, 6.45) is 5.18. The van der Waals surface area contributed by atoms with Crippen molar-refractivity contribution in [2.45, 2.75) is 12.8 Å². The summed E-state index contributed by atoms with van der Waals surface area (Å²) in [6, 6.07) is 8.83. The molecule has 0 N–H and O–H groups in total. The summed E-state index contributed by atoms with van der Waals surface area (Å²) in [7, 11) is 0. The molecule has 1 aromatic carbocycles. The topological polar surface area (TPSA) is 40.9 Å². The number of carbonyl (C=O) groups is 1. The monoisotopic (exact) mass is 183 g/mol. The summed E-state index contributed by atoms with van der Waals surface area (Å²) in [5.41, 5.74) is 1.28. The molecule has 0 spiro atoms. The molecule has 1 atom stereocenters. The second-order valence-electron chi connectivity index (χ2n) is 2.91. The molecule has 1 aromatic rings. The van der Waals surface area contributed by atoms with Crippen LogP contribution in [0.5, 0.6) is 0 Å². The first-order valence-electron chi connectivity index (χ1n) is 4.15. The van der Waals surface area contributed by atoms with Crippen LogP contribution in [0, 0.1) is 23.7 Å². The number of Topliss-reactive ketones (excluding diaryl/α,β-unsaturated/α-hetero) is 1. The van der Waals surface area contributed by atoms with Crippen LogP contribution >= 0.6 is 0 Å². The largest absolute Gasteiger partial charge is 0.295 e. The predicted octanol–water partition coefficient (Wildman–Crippen LogP) is 2.13. The number of terminal acetylenes is 1. The zero-order chi connectivity index (χ0) is 10.6. The van der Waals surface area contributed by atoms with Crippen molar-refractivity contribution in [1.82, 2.24) is 0 Å². The lowest BCUT2D eigenvalue weighted by Crippen LogP contribution is -1.96. The molecular formula is C12H9NO. The number of hydrogen-bond donors (Lipinski definition) is 0. The average Bonchev–Trinajstić information content (AvgIpc) is 2.20. The SMILES string of the molecule is C#CC(C#N)c1cccc(C(C)=O)c1. The highest BCUT2D eigenvalue weighted by atomic mass is 16.1. The Hall–Kier alpha value is -2.06. The molecule has 0 amide bonds. The summed E-state index contributed by atoms with van der Waals surface area (Å²) >= 11 is 0.